The minimum absolute atomic E-state index is 0.221. The number of rotatable bonds is 15. The number of halogens is 1. The molecular formula is C18H37ClO2Si. The highest BCUT2D eigenvalue weighted by Crippen LogP contribution is 2.19. The van der Waals surface area contributed by atoms with Gasteiger partial charge in [-0.2, -0.15) is 0 Å². The average molecular weight is 349 g/mol. The van der Waals surface area contributed by atoms with Crippen LogP contribution in [0.25, 0.3) is 0 Å². The Balaban J connectivity index is 3.72. The van der Waals surface area contributed by atoms with E-state index in [9.17, 15) is 4.79 Å². The van der Waals surface area contributed by atoms with Gasteiger partial charge in [0.15, 0.2) is 8.32 Å². The summed E-state index contributed by atoms with van der Waals surface area (Å²) in [6, 6.07) is 0. The summed E-state index contributed by atoms with van der Waals surface area (Å²) in [4.78, 5) is 11.0. The predicted octanol–water partition coefficient (Wildman–Crippen LogP) is 6.67. The molecule has 132 valence electrons. The summed E-state index contributed by atoms with van der Waals surface area (Å²) in [6.45, 7) is 8.88. The zero-order valence-electron chi connectivity index (χ0n) is 15.3. The van der Waals surface area contributed by atoms with Crippen LogP contribution in [0, 0.1) is 0 Å². The van der Waals surface area contributed by atoms with Gasteiger partial charge >= 0.3 is 0 Å². The van der Waals surface area contributed by atoms with E-state index in [0.29, 0.717) is 6.42 Å². The van der Waals surface area contributed by atoms with Crippen molar-refractivity contribution in [3.05, 3.63) is 0 Å². The number of hydrogen-bond donors (Lipinski definition) is 0. The normalized spacial score (nSPS) is 13.3. The lowest BCUT2D eigenvalue weighted by molar-refractivity contribution is -0.112. The van der Waals surface area contributed by atoms with E-state index in [-0.39, 0.29) is 11.3 Å². The summed E-state index contributed by atoms with van der Waals surface area (Å²) in [5.74, 6) is 0. The largest absolute Gasteiger partial charge is 0.415 e. The fourth-order valence-corrected chi connectivity index (χ4v) is 4.06. The van der Waals surface area contributed by atoms with Crippen LogP contribution < -0.4 is 0 Å². The quantitative estimate of drug-likeness (QED) is 0.187. The van der Waals surface area contributed by atoms with Crippen molar-refractivity contribution >= 4 is 25.2 Å². The molecular weight excluding hydrogens is 312 g/mol. The molecule has 0 saturated carbocycles. The molecule has 1 atom stereocenters. The second kappa shape index (κ2) is 13.6. The Bertz CT molecular complexity index is 277. The van der Waals surface area contributed by atoms with E-state index in [1.165, 1.54) is 57.8 Å². The molecule has 0 amide bonds. The fraction of sp³-hybridized carbons (Fsp3) is 0.944. The second-order valence-electron chi connectivity index (χ2n) is 7.36. The van der Waals surface area contributed by atoms with Crippen molar-refractivity contribution in [3.63, 3.8) is 0 Å². The third-order valence-electron chi connectivity index (χ3n) is 3.81. The van der Waals surface area contributed by atoms with E-state index in [1.807, 2.05) is 0 Å². The van der Waals surface area contributed by atoms with E-state index >= 15 is 0 Å². The first-order valence-electron chi connectivity index (χ1n) is 9.21. The molecule has 0 saturated heterocycles. The average Bonchev–Trinajstić information content (AvgIpc) is 2.41. The van der Waals surface area contributed by atoms with Crippen LogP contribution in [0.1, 0.15) is 84.0 Å². The summed E-state index contributed by atoms with van der Waals surface area (Å²) in [5, 5.41) is -0.240. The van der Waals surface area contributed by atoms with Crippen LogP contribution in [0.15, 0.2) is 0 Å². The predicted molar refractivity (Wildman–Crippen MR) is 100 cm³/mol. The zero-order valence-corrected chi connectivity index (χ0v) is 17.0. The van der Waals surface area contributed by atoms with Crippen LogP contribution in [-0.2, 0) is 9.22 Å². The fourth-order valence-electron chi connectivity index (χ4n) is 2.72. The maximum atomic E-state index is 11.0. The molecule has 0 aliphatic heterocycles. The van der Waals surface area contributed by atoms with Gasteiger partial charge in [-0.05, 0) is 44.1 Å². The highest BCUT2D eigenvalue weighted by molar-refractivity contribution is 6.69. The van der Waals surface area contributed by atoms with Crippen molar-refractivity contribution in [2.45, 2.75) is 110 Å². The molecule has 4 heteroatoms. The first-order valence-corrected chi connectivity index (χ1v) is 13.0. The van der Waals surface area contributed by atoms with Gasteiger partial charge in [0.25, 0.3) is 0 Å². The molecule has 0 aliphatic rings. The molecule has 22 heavy (non-hydrogen) atoms. The zero-order chi connectivity index (χ0) is 16.8. The maximum absolute atomic E-state index is 11.0. The molecule has 0 spiro atoms. The minimum atomic E-state index is -1.54. The van der Waals surface area contributed by atoms with Crippen LogP contribution >= 0.6 is 11.6 Å². The first kappa shape index (κ1) is 22.1. The smallest absolute Gasteiger partial charge is 0.221 e. The number of unbranched alkanes of at least 4 members (excludes halogenated alkanes) is 8. The van der Waals surface area contributed by atoms with Gasteiger partial charge in [-0.25, -0.2) is 0 Å². The van der Waals surface area contributed by atoms with Crippen LogP contribution in [0.5, 0.6) is 0 Å². The Hall–Kier alpha value is 0.137. The molecule has 0 aromatic heterocycles. The highest BCUT2D eigenvalue weighted by atomic mass is 35.5. The molecule has 0 radical (unpaired) electrons. The van der Waals surface area contributed by atoms with Gasteiger partial charge in [-0.1, -0.05) is 64.7 Å². The van der Waals surface area contributed by atoms with Crippen molar-refractivity contribution in [3.8, 4) is 0 Å². The first-order chi connectivity index (χ1) is 10.3. The Morgan fingerprint density at radius 3 is 1.86 bits per heavy atom. The van der Waals surface area contributed by atoms with Crippen molar-refractivity contribution < 1.29 is 9.22 Å². The van der Waals surface area contributed by atoms with Gasteiger partial charge < -0.3 is 4.43 Å². The molecule has 0 aromatic carbocycles. The lowest BCUT2D eigenvalue weighted by atomic mass is 10.0. The van der Waals surface area contributed by atoms with E-state index < -0.39 is 8.32 Å². The van der Waals surface area contributed by atoms with Crippen molar-refractivity contribution in [1.29, 1.82) is 0 Å². The third kappa shape index (κ3) is 16.5. The van der Waals surface area contributed by atoms with Gasteiger partial charge in [0.05, 0.1) is 0 Å². The van der Waals surface area contributed by atoms with Crippen LogP contribution in [0.4, 0.5) is 0 Å². The van der Waals surface area contributed by atoms with Crippen LogP contribution in [0.2, 0.25) is 19.6 Å². The third-order valence-corrected chi connectivity index (χ3v) is 5.04. The van der Waals surface area contributed by atoms with Gasteiger partial charge in [0, 0.05) is 12.5 Å². The summed E-state index contributed by atoms with van der Waals surface area (Å²) in [5.41, 5.74) is 0. The summed E-state index contributed by atoms with van der Waals surface area (Å²) >= 11 is 5.46. The summed E-state index contributed by atoms with van der Waals surface area (Å²) < 4.78 is 6.19. The van der Waals surface area contributed by atoms with Crippen LogP contribution in [0.3, 0.4) is 0 Å². The van der Waals surface area contributed by atoms with E-state index in [1.54, 1.807) is 0 Å². The van der Waals surface area contributed by atoms with E-state index in [4.69, 9.17) is 16.0 Å². The molecule has 0 fully saturated rings. The SMILES string of the molecule is CCCCCCCCCCCC(CCC(=O)Cl)O[Si](C)(C)C. The van der Waals surface area contributed by atoms with Crippen molar-refractivity contribution in [2.24, 2.45) is 0 Å². The number of hydrogen-bond acceptors (Lipinski definition) is 2. The maximum Gasteiger partial charge on any atom is 0.221 e. The Morgan fingerprint density at radius 1 is 0.909 bits per heavy atom. The monoisotopic (exact) mass is 348 g/mol. The van der Waals surface area contributed by atoms with Gasteiger partial charge in [0.2, 0.25) is 5.24 Å². The molecule has 0 aliphatic carbocycles. The lowest BCUT2D eigenvalue weighted by Crippen LogP contribution is -2.32. The Kier molecular flexibility index (Phi) is 13.6. The minimum Gasteiger partial charge on any atom is -0.415 e. The van der Waals surface area contributed by atoms with Crippen molar-refractivity contribution in [1.82, 2.24) is 0 Å². The lowest BCUT2D eigenvalue weighted by Gasteiger charge is -2.26. The van der Waals surface area contributed by atoms with Gasteiger partial charge in [-0.15, -0.1) is 0 Å². The van der Waals surface area contributed by atoms with Gasteiger partial charge in [0.1, 0.15) is 0 Å². The molecule has 0 bridgehead atoms. The number of carbonyl (C=O) groups excluding carboxylic acids is 1. The second-order valence-corrected chi connectivity index (χ2v) is 12.2. The van der Waals surface area contributed by atoms with E-state index in [2.05, 4.69) is 26.6 Å². The van der Waals surface area contributed by atoms with Crippen LogP contribution in [-0.4, -0.2) is 19.7 Å². The summed E-state index contributed by atoms with van der Waals surface area (Å²) in [6.07, 6.45) is 14.6. The molecule has 0 aromatic rings. The molecule has 0 rings (SSSR count). The topological polar surface area (TPSA) is 26.3 Å². The molecule has 0 N–H and O–H groups in total. The standard InChI is InChI=1S/C18H37ClO2Si/c1-5-6-7-8-9-10-11-12-13-14-17(15-16-18(19)20)21-22(2,3)4/h17H,5-16H2,1-4H3. The van der Waals surface area contributed by atoms with Gasteiger partial charge in [-0.3, -0.25) is 4.79 Å². The molecule has 0 heterocycles. The Morgan fingerprint density at radius 2 is 1.41 bits per heavy atom. The highest BCUT2D eigenvalue weighted by Gasteiger charge is 2.21. The molecule has 2 nitrogen and oxygen atoms in total. The molecule has 1 unspecified atom stereocenters. The van der Waals surface area contributed by atoms with Crippen molar-refractivity contribution in [2.75, 3.05) is 0 Å². The Labute approximate surface area is 144 Å². The van der Waals surface area contributed by atoms with E-state index in [0.717, 1.165) is 12.8 Å². The number of carbonyl (C=O) groups is 1. The summed E-state index contributed by atoms with van der Waals surface area (Å²) in [7, 11) is -1.54.